The van der Waals surface area contributed by atoms with Gasteiger partial charge in [-0.05, 0) is 41.0 Å². The largest absolute Gasteiger partial charge is 0.192 e. The molecule has 0 saturated carbocycles. The van der Waals surface area contributed by atoms with E-state index in [1.54, 1.807) is 6.07 Å². The Labute approximate surface area is 107 Å². The average Bonchev–Trinajstić information content (AvgIpc) is 2.33. The predicted octanol–water partition coefficient (Wildman–Crippen LogP) is 3.38. The molecule has 2 atom stereocenters. The van der Waals surface area contributed by atoms with Gasteiger partial charge in [-0.3, -0.25) is 0 Å². The van der Waals surface area contributed by atoms with Crippen molar-refractivity contribution >= 4 is 0 Å². The van der Waals surface area contributed by atoms with Gasteiger partial charge in [0.1, 0.15) is 0 Å². The molecule has 0 radical (unpaired) electrons. The van der Waals surface area contributed by atoms with Crippen LogP contribution in [0.25, 0.3) is 0 Å². The Bertz CT molecular complexity index is 638. The van der Waals surface area contributed by atoms with Crippen LogP contribution < -0.4 is 0 Å². The molecule has 0 fully saturated rings. The van der Waals surface area contributed by atoms with E-state index in [9.17, 15) is 5.26 Å². The van der Waals surface area contributed by atoms with Gasteiger partial charge in [0.05, 0.1) is 23.3 Å². The van der Waals surface area contributed by atoms with Gasteiger partial charge in [0.25, 0.3) is 0 Å². The topological polar surface area (TPSA) is 47.6 Å². The number of hydrogen-bond acceptors (Lipinski definition) is 2. The summed E-state index contributed by atoms with van der Waals surface area (Å²) in [6, 6.07) is 8.13. The maximum atomic E-state index is 9.33. The lowest BCUT2D eigenvalue weighted by molar-refractivity contribution is 0.329. The molecular weight excluding hydrogens is 220 g/mol. The van der Waals surface area contributed by atoms with E-state index in [0.29, 0.717) is 23.0 Å². The molecule has 1 aromatic rings. The molecule has 0 heterocycles. The molecule has 1 aromatic carbocycles. The van der Waals surface area contributed by atoms with Gasteiger partial charge >= 0.3 is 0 Å². The van der Waals surface area contributed by atoms with Gasteiger partial charge in [-0.1, -0.05) is 26.0 Å². The monoisotopic (exact) mass is 234 g/mol. The summed E-state index contributed by atoms with van der Waals surface area (Å²) in [6.45, 7) is 4.41. The molecular formula is C16H14N2. The van der Waals surface area contributed by atoms with Crippen LogP contribution in [-0.2, 0) is 5.41 Å². The Morgan fingerprint density at radius 1 is 1.17 bits per heavy atom. The maximum Gasteiger partial charge on any atom is 0.0995 e. The molecule has 0 amide bonds. The minimum absolute atomic E-state index is 0.0414. The SMILES string of the molecule is CC1(C)CC2C=CC2c2c(C#N)cc(C#N)cc21. The summed E-state index contributed by atoms with van der Waals surface area (Å²) < 4.78 is 0. The Morgan fingerprint density at radius 3 is 2.50 bits per heavy atom. The quantitative estimate of drug-likeness (QED) is 0.646. The van der Waals surface area contributed by atoms with Crippen LogP contribution in [0.15, 0.2) is 24.3 Å². The summed E-state index contributed by atoms with van der Waals surface area (Å²) in [4.78, 5) is 0. The standard InChI is InChI=1S/C16H14N2/c1-16(2)7-11-3-4-13(11)15-12(9-18)5-10(8-17)6-14(15)16/h3-6,11,13H,7H2,1-2H3. The van der Waals surface area contributed by atoms with E-state index in [1.807, 2.05) is 6.07 Å². The van der Waals surface area contributed by atoms with Crippen LogP contribution in [0, 0.1) is 28.6 Å². The van der Waals surface area contributed by atoms with Crippen molar-refractivity contribution in [3.05, 3.63) is 46.5 Å². The summed E-state index contributed by atoms with van der Waals surface area (Å²) in [5.41, 5.74) is 3.65. The van der Waals surface area contributed by atoms with Crippen LogP contribution in [0.3, 0.4) is 0 Å². The van der Waals surface area contributed by atoms with Crippen molar-refractivity contribution in [3.63, 3.8) is 0 Å². The Kier molecular flexibility index (Phi) is 2.13. The van der Waals surface area contributed by atoms with Crippen molar-refractivity contribution in [3.8, 4) is 12.1 Å². The second-order valence-corrected chi connectivity index (χ2v) is 5.87. The summed E-state index contributed by atoms with van der Waals surface area (Å²) in [7, 11) is 0. The molecule has 88 valence electrons. The maximum absolute atomic E-state index is 9.33. The van der Waals surface area contributed by atoms with Crippen LogP contribution in [0.1, 0.15) is 48.4 Å². The third-order valence-corrected chi connectivity index (χ3v) is 4.26. The fourth-order valence-corrected chi connectivity index (χ4v) is 3.31. The van der Waals surface area contributed by atoms with Crippen molar-refractivity contribution in [1.82, 2.24) is 0 Å². The lowest BCUT2D eigenvalue weighted by atomic mass is 9.59. The molecule has 0 bridgehead atoms. The first-order valence-corrected chi connectivity index (χ1v) is 6.24. The average molecular weight is 234 g/mol. The summed E-state index contributed by atoms with van der Waals surface area (Å²) in [6.07, 6.45) is 5.53. The fourth-order valence-electron chi connectivity index (χ4n) is 3.31. The number of hydrogen-bond donors (Lipinski definition) is 0. The summed E-state index contributed by atoms with van der Waals surface area (Å²) >= 11 is 0. The van der Waals surface area contributed by atoms with Crippen molar-refractivity contribution in [1.29, 1.82) is 10.5 Å². The number of rotatable bonds is 0. The summed E-state index contributed by atoms with van der Waals surface area (Å²) in [5, 5.41) is 18.4. The van der Waals surface area contributed by atoms with Crippen molar-refractivity contribution in [2.24, 2.45) is 5.92 Å². The van der Waals surface area contributed by atoms with Crippen molar-refractivity contribution in [2.45, 2.75) is 31.6 Å². The number of nitrogens with zero attached hydrogens (tertiary/aromatic N) is 2. The fraction of sp³-hybridized carbons (Fsp3) is 0.375. The third kappa shape index (κ3) is 1.33. The van der Waals surface area contributed by atoms with E-state index in [4.69, 9.17) is 5.26 Å². The predicted molar refractivity (Wildman–Crippen MR) is 68.9 cm³/mol. The molecule has 2 heteroatoms. The lowest BCUT2D eigenvalue weighted by Gasteiger charge is -2.45. The number of allylic oxidation sites excluding steroid dienone is 2. The minimum atomic E-state index is 0.0414. The third-order valence-electron chi connectivity index (χ3n) is 4.26. The van der Waals surface area contributed by atoms with Crippen molar-refractivity contribution < 1.29 is 0 Å². The van der Waals surface area contributed by atoms with Crippen LogP contribution >= 0.6 is 0 Å². The Morgan fingerprint density at radius 2 is 1.94 bits per heavy atom. The molecule has 3 rings (SSSR count). The van der Waals surface area contributed by atoms with Crippen LogP contribution in [0.5, 0.6) is 0 Å². The summed E-state index contributed by atoms with van der Waals surface area (Å²) in [5.74, 6) is 0.947. The zero-order valence-electron chi connectivity index (χ0n) is 10.6. The zero-order valence-corrected chi connectivity index (χ0v) is 10.6. The highest BCUT2D eigenvalue weighted by molar-refractivity contribution is 5.57. The Balaban J connectivity index is 2.32. The highest BCUT2D eigenvalue weighted by Gasteiger charge is 2.42. The number of fused-ring (bicyclic) bond motifs is 3. The van der Waals surface area contributed by atoms with Gasteiger partial charge in [0.15, 0.2) is 0 Å². The molecule has 0 saturated heterocycles. The van der Waals surface area contributed by atoms with E-state index in [0.717, 1.165) is 12.0 Å². The smallest absolute Gasteiger partial charge is 0.0995 e. The van der Waals surface area contributed by atoms with Crippen LogP contribution in [-0.4, -0.2) is 0 Å². The molecule has 2 nitrogen and oxygen atoms in total. The normalized spacial score (nSPS) is 26.2. The van der Waals surface area contributed by atoms with E-state index in [1.165, 1.54) is 5.56 Å². The second kappa shape index (κ2) is 3.47. The molecule has 18 heavy (non-hydrogen) atoms. The lowest BCUT2D eigenvalue weighted by Crippen LogP contribution is -2.35. The van der Waals surface area contributed by atoms with Crippen molar-refractivity contribution in [2.75, 3.05) is 0 Å². The molecule has 0 N–H and O–H groups in total. The van der Waals surface area contributed by atoms with Gasteiger partial charge in [0, 0.05) is 5.92 Å². The van der Waals surface area contributed by atoms with Gasteiger partial charge in [-0.25, -0.2) is 0 Å². The molecule has 2 aliphatic carbocycles. The van der Waals surface area contributed by atoms with E-state index in [2.05, 4.69) is 38.1 Å². The number of nitriles is 2. The highest BCUT2D eigenvalue weighted by atomic mass is 14.5. The highest BCUT2D eigenvalue weighted by Crippen LogP contribution is 2.52. The first kappa shape index (κ1) is 11.1. The van der Waals surface area contributed by atoms with E-state index < -0.39 is 0 Å². The molecule has 0 aromatic heterocycles. The first-order chi connectivity index (χ1) is 8.56. The first-order valence-electron chi connectivity index (χ1n) is 6.24. The molecule has 0 spiro atoms. The number of benzene rings is 1. The van der Waals surface area contributed by atoms with Gasteiger partial charge in [-0.2, -0.15) is 10.5 Å². The van der Waals surface area contributed by atoms with E-state index >= 15 is 0 Å². The molecule has 2 aliphatic rings. The van der Waals surface area contributed by atoms with Gasteiger partial charge in [-0.15, -0.1) is 0 Å². The zero-order chi connectivity index (χ0) is 12.9. The molecule has 2 unspecified atom stereocenters. The van der Waals surface area contributed by atoms with Crippen LogP contribution in [0.2, 0.25) is 0 Å². The van der Waals surface area contributed by atoms with Crippen LogP contribution in [0.4, 0.5) is 0 Å². The molecule has 0 aliphatic heterocycles. The minimum Gasteiger partial charge on any atom is -0.192 e. The second-order valence-electron chi connectivity index (χ2n) is 5.87. The Hall–Kier alpha value is -2.06. The van der Waals surface area contributed by atoms with Gasteiger partial charge in [0.2, 0.25) is 0 Å². The van der Waals surface area contributed by atoms with E-state index in [-0.39, 0.29) is 5.41 Å². The van der Waals surface area contributed by atoms with Gasteiger partial charge < -0.3 is 0 Å².